The van der Waals surface area contributed by atoms with Crippen molar-refractivity contribution in [2.45, 2.75) is 17.1 Å². The Labute approximate surface area is 133 Å². The fraction of sp³-hybridized carbons (Fsp3) is 0.267. The Morgan fingerprint density at radius 3 is 2.50 bits per heavy atom. The van der Waals surface area contributed by atoms with Crippen molar-refractivity contribution in [1.29, 1.82) is 0 Å². The van der Waals surface area contributed by atoms with Crippen LogP contribution in [0.1, 0.15) is 23.2 Å². The van der Waals surface area contributed by atoms with E-state index in [4.69, 9.17) is 5.14 Å². The van der Waals surface area contributed by atoms with Crippen LogP contribution in [0.5, 0.6) is 0 Å². The Bertz CT molecular complexity index is 780. The molecule has 1 aromatic carbocycles. The third-order valence-corrected chi connectivity index (χ3v) is 5.94. The van der Waals surface area contributed by atoms with E-state index in [1.165, 1.54) is 6.07 Å². The van der Waals surface area contributed by atoms with Crippen LogP contribution in [0.2, 0.25) is 0 Å². The summed E-state index contributed by atoms with van der Waals surface area (Å²) >= 11 is 0.971. The van der Waals surface area contributed by atoms with Crippen LogP contribution in [0.3, 0.4) is 0 Å². The third kappa shape index (κ3) is 3.37. The minimum absolute atomic E-state index is 0.00952. The molecule has 3 rings (SSSR count). The Kier molecular flexibility index (Phi) is 4.03. The average molecular weight is 336 g/mol. The second-order valence-electron chi connectivity index (χ2n) is 5.39. The van der Waals surface area contributed by atoms with E-state index < -0.39 is 10.0 Å². The summed E-state index contributed by atoms with van der Waals surface area (Å²) in [6, 6.07) is 10.8. The maximum absolute atomic E-state index is 12.7. The second-order valence-corrected chi connectivity index (χ2v) is 8.09. The zero-order valence-corrected chi connectivity index (χ0v) is 13.4. The highest BCUT2D eigenvalue weighted by atomic mass is 32.2. The van der Waals surface area contributed by atoms with Gasteiger partial charge >= 0.3 is 0 Å². The molecule has 5 nitrogen and oxygen atoms in total. The van der Waals surface area contributed by atoms with Gasteiger partial charge in [-0.15, -0.1) is 11.3 Å². The number of amides is 1. The Balaban J connectivity index is 1.90. The lowest BCUT2D eigenvalue weighted by Gasteiger charge is -2.22. The number of thiophene rings is 1. The molecule has 0 unspecified atom stereocenters. The van der Waals surface area contributed by atoms with Crippen LogP contribution in [0.25, 0.3) is 0 Å². The highest BCUT2D eigenvalue weighted by Gasteiger charge is 2.29. The maximum Gasteiger partial charge on any atom is 0.259 e. The van der Waals surface area contributed by atoms with Crippen molar-refractivity contribution in [3.05, 3.63) is 47.3 Å². The molecule has 0 saturated heterocycles. The molecular weight excluding hydrogens is 320 g/mol. The van der Waals surface area contributed by atoms with Gasteiger partial charge in [-0.3, -0.25) is 4.79 Å². The SMILES string of the molecule is NS(=O)(=O)c1cc(C(=O)N(CC2CC2)c2ccccc2)cs1. The van der Waals surface area contributed by atoms with E-state index in [9.17, 15) is 13.2 Å². The van der Waals surface area contributed by atoms with Crippen LogP contribution in [0.15, 0.2) is 46.0 Å². The number of carbonyl (C=O) groups is 1. The summed E-state index contributed by atoms with van der Waals surface area (Å²) in [5.74, 6) is 0.338. The van der Waals surface area contributed by atoms with Crippen LogP contribution in [0, 0.1) is 5.92 Å². The van der Waals surface area contributed by atoms with Gasteiger partial charge in [-0.05, 0) is 37.0 Å². The molecule has 1 aliphatic rings. The number of nitrogens with zero attached hydrogens (tertiary/aromatic N) is 1. The van der Waals surface area contributed by atoms with E-state index in [-0.39, 0.29) is 10.1 Å². The van der Waals surface area contributed by atoms with Crippen LogP contribution < -0.4 is 10.0 Å². The third-order valence-electron chi connectivity index (χ3n) is 3.55. The molecule has 22 heavy (non-hydrogen) atoms. The van der Waals surface area contributed by atoms with E-state index in [0.717, 1.165) is 29.9 Å². The summed E-state index contributed by atoms with van der Waals surface area (Å²) in [6.07, 6.45) is 2.26. The number of rotatable bonds is 5. The highest BCUT2D eigenvalue weighted by molar-refractivity contribution is 7.91. The van der Waals surface area contributed by atoms with E-state index in [2.05, 4.69) is 0 Å². The van der Waals surface area contributed by atoms with E-state index >= 15 is 0 Å². The lowest BCUT2D eigenvalue weighted by atomic mass is 10.2. The molecular formula is C15H16N2O3S2. The average Bonchev–Trinajstić information content (AvgIpc) is 3.16. The van der Waals surface area contributed by atoms with Crippen LogP contribution >= 0.6 is 11.3 Å². The fourth-order valence-electron chi connectivity index (χ4n) is 2.21. The quantitative estimate of drug-likeness (QED) is 0.910. The Morgan fingerprint density at radius 2 is 1.95 bits per heavy atom. The number of sulfonamides is 1. The first-order valence-electron chi connectivity index (χ1n) is 6.93. The fourth-order valence-corrected chi connectivity index (χ4v) is 3.78. The molecule has 0 radical (unpaired) electrons. The molecule has 1 aliphatic carbocycles. The molecule has 2 aromatic rings. The molecule has 0 spiro atoms. The summed E-state index contributed by atoms with van der Waals surface area (Å²) in [4.78, 5) is 14.5. The van der Waals surface area contributed by atoms with Gasteiger partial charge < -0.3 is 4.90 Å². The zero-order chi connectivity index (χ0) is 15.7. The number of hydrogen-bond donors (Lipinski definition) is 1. The number of hydrogen-bond acceptors (Lipinski definition) is 4. The van der Waals surface area contributed by atoms with Gasteiger partial charge in [0.15, 0.2) is 0 Å². The summed E-state index contributed by atoms with van der Waals surface area (Å²) in [5.41, 5.74) is 1.18. The van der Waals surface area contributed by atoms with Gasteiger partial charge in [0.1, 0.15) is 4.21 Å². The van der Waals surface area contributed by atoms with E-state index in [1.807, 2.05) is 30.3 Å². The minimum Gasteiger partial charge on any atom is -0.308 e. The highest BCUT2D eigenvalue weighted by Crippen LogP contribution is 2.32. The van der Waals surface area contributed by atoms with Crippen molar-refractivity contribution < 1.29 is 13.2 Å². The molecule has 1 amide bonds. The van der Waals surface area contributed by atoms with Crippen molar-refractivity contribution >= 4 is 33.0 Å². The molecule has 1 saturated carbocycles. The van der Waals surface area contributed by atoms with Gasteiger partial charge in [0, 0.05) is 17.6 Å². The smallest absolute Gasteiger partial charge is 0.259 e. The predicted molar refractivity (Wildman–Crippen MR) is 86.5 cm³/mol. The predicted octanol–water partition coefficient (Wildman–Crippen LogP) is 2.45. The van der Waals surface area contributed by atoms with Gasteiger partial charge in [0.2, 0.25) is 10.0 Å². The van der Waals surface area contributed by atoms with Crippen molar-refractivity contribution in [2.75, 3.05) is 11.4 Å². The number of nitrogens with two attached hydrogens (primary N) is 1. The number of primary sulfonamides is 1. The van der Waals surface area contributed by atoms with Crippen molar-refractivity contribution in [2.24, 2.45) is 11.1 Å². The summed E-state index contributed by atoms with van der Waals surface area (Å²) in [6.45, 7) is 0.656. The van der Waals surface area contributed by atoms with E-state index in [0.29, 0.717) is 18.0 Å². The first-order valence-corrected chi connectivity index (χ1v) is 9.36. The molecule has 116 valence electrons. The minimum atomic E-state index is -3.77. The lowest BCUT2D eigenvalue weighted by Crippen LogP contribution is -2.32. The van der Waals surface area contributed by atoms with Crippen LogP contribution in [0.4, 0.5) is 5.69 Å². The maximum atomic E-state index is 12.7. The lowest BCUT2D eigenvalue weighted by molar-refractivity contribution is 0.0986. The summed E-state index contributed by atoms with van der Waals surface area (Å²) in [7, 11) is -3.77. The Morgan fingerprint density at radius 1 is 1.27 bits per heavy atom. The molecule has 0 aliphatic heterocycles. The van der Waals surface area contributed by atoms with Gasteiger partial charge in [0.25, 0.3) is 5.91 Å². The number of para-hydroxylation sites is 1. The zero-order valence-electron chi connectivity index (χ0n) is 11.8. The van der Waals surface area contributed by atoms with Crippen LogP contribution in [-0.4, -0.2) is 20.9 Å². The normalized spacial score (nSPS) is 14.8. The van der Waals surface area contributed by atoms with Gasteiger partial charge in [-0.2, -0.15) is 0 Å². The number of carbonyl (C=O) groups excluding carboxylic acids is 1. The van der Waals surface area contributed by atoms with Crippen molar-refractivity contribution in [1.82, 2.24) is 0 Å². The summed E-state index contributed by atoms with van der Waals surface area (Å²) in [5, 5.41) is 6.65. The van der Waals surface area contributed by atoms with E-state index in [1.54, 1.807) is 10.3 Å². The van der Waals surface area contributed by atoms with Crippen molar-refractivity contribution in [3.8, 4) is 0 Å². The van der Waals surface area contributed by atoms with Gasteiger partial charge in [0.05, 0.1) is 5.56 Å². The molecule has 7 heteroatoms. The van der Waals surface area contributed by atoms with Crippen LogP contribution in [-0.2, 0) is 10.0 Å². The van der Waals surface area contributed by atoms with Gasteiger partial charge in [-0.1, -0.05) is 18.2 Å². The first-order chi connectivity index (χ1) is 10.4. The monoisotopic (exact) mass is 336 g/mol. The van der Waals surface area contributed by atoms with Gasteiger partial charge in [-0.25, -0.2) is 13.6 Å². The number of anilines is 1. The molecule has 1 heterocycles. The molecule has 0 bridgehead atoms. The largest absolute Gasteiger partial charge is 0.308 e. The molecule has 2 N–H and O–H groups in total. The first kappa shape index (κ1) is 15.2. The van der Waals surface area contributed by atoms with Crippen molar-refractivity contribution in [3.63, 3.8) is 0 Å². The summed E-state index contributed by atoms with van der Waals surface area (Å²) < 4.78 is 22.7. The molecule has 0 atom stereocenters. The Hall–Kier alpha value is -1.70. The second kappa shape index (κ2) is 5.83. The standard InChI is InChI=1S/C15H16N2O3S2/c16-22(19,20)14-8-12(10-21-14)15(18)17(9-11-6-7-11)13-4-2-1-3-5-13/h1-5,8,10-11H,6-7,9H2,(H2,16,19,20). The molecule has 1 fully saturated rings. The molecule has 1 aromatic heterocycles. The number of benzene rings is 1. The topological polar surface area (TPSA) is 80.5 Å².